The van der Waals surface area contributed by atoms with Crippen LogP contribution in [0.15, 0.2) is 6.33 Å². The summed E-state index contributed by atoms with van der Waals surface area (Å²) in [4.78, 5) is 3.85. The fourth-order valence-electron chi connectivity index (χ4n) is 1.16. The Kier molecular flexibility index (Phi) is 3.95. The highest BCUT2D eigenvalue weighted by Crippen LogP contribution is 2.25. The number of hydrogen-bond acceptors (Lipinski definition) is 4. The van der Waals surface area contributed by atoms with E-state index in [0.29, 0.717) is 12.4 Å². The Morgan fingerprint density at radius 3 is 2.87 bits per heavy atom. The van der Waals surface area contributed by atoms with E-state index in [4.69, 9.17) is 17.4 Å². The monoisotopic (exact) mass is 239 g/mol. The average Bonchev–Trinajstić information content (AvgIpc) is 2.59. The zero-order valence-corrected chi connectivity index (χ0v) is 8.88. The van der Waals surface area contributed by atoms with Crippen LogP contribution >= 0.6 is 11.6 Å². The zero-order chi connectivity index (χ0) is 11.5. The molecule has 1 atom stereocenters. The molecular weight excluding hydrogens is 228 g/mol. The summed E-state index contributed by atoms with van der Waals surface area (Å²) in [7, 11) is 0. The standard InChI is InChI=1S/C7H12ClF2N5/c1-2-15-6(12-4-13-15)3-5(14-11)7(8,9)10/h4-5,14H,2-3,11H2,1H3. The van der Waals surface area contributed by atoms with E-state index >= 15 is 0 Å². The minimum Gasteiger partial charge on any atom is -0.271 e. The molecule has 0 spiro atoms. The number of nitrogens with zero attached hydrogens (tertiary/aromatic N) is 3. The van der Waals surface area contributed by atoms with Crippen LogP contribution in [-0.2, 0) is 13.0 Å². The molecular formula is C7H12ClF2N5. The lowest BCUT2D eigenvalue weighted by Gasteiger charge is -2.20. The summed E-state index contributed by atoms with van der Waals surface area (Å²) in [5, 5.41) is 0.436. The molecule has 1 rings (SSSR count). The van der Waals surface area contributed by atoms with Gasteiger partial charge in [-0.2, -0.15) is 13.9 Å². The van der Waals surface area contributed by atoms with Crippen LogP contribution in [0.3, 0.4) is 0 Å². The highest BCUT2D eigenvalue weighted by molar-refractivity contribution is 6.22. The van der Waals surface area contributed by atoms with Gasteiger partial charge in [-0.15, -0.1) is 0 Å². The van der Waals surface area contributed by atoms with Gasteiger partial charge in [0.1, 0.15) is 18.2 Å². The Bertz CT molecular complexity index is 311. The molecule has 3 N–H and O–H groups in total. The lowest BCUT2D eigenvalue weighted by atomic mass is 10.2. The predicted molar refractivity (Wildman–Crippen MR) is 51.3 cm³/mol. The predicted octanol–water partition coefficient (Wildman–Crippen LogP) is 0.504. The lowest BCUT2D eigenvalue weighted by molar-refractivity contribution is 0.0491. The van der Waals surface area contributed by atoms with Gasteiger partial charge in [-0.3, -0.25) is 10.5 Å². The normalized spacial score (nSPS) is 14.2. The molecule has 0 aliphatic carbocycles. The molecule has 15 heavy (non-hydrogen) atoms. The van der Waals surface area contributed by atoms with Crippen molar-refractivity contribution < 1.29 is 8.78 Å². The van der Waals surface area contributed by atoms with Crippen molar-refractivity contribution in [2.45, 2.75) is 31.3 Å². The summed E-state index contributed by atoms with van der Waals surface area (Å²) < 4.78 is 27.1. The van der Waals surface area contributed by atoms with Crippen molar-refractivity contribution in [1.29, 1.82) is 0 Å². The SMILES string of the molecule is CCn1ncnc1CC(NN)C(F)(F)Cl. The molecule has 0 radical (unpaired) electrons. The highest BCUT2D eigenvalue weighted by atomic mass is 35.5. The molecule has 0 aliphatic heterocycles. The second-order valence-corrected chi connectivity index (χ2v) is 3.46. The second kappa shape index (κ2) is 4.82. The number of hydrazine groups is 1. The smallest absolute Gasteiger partial charge is 0.271 e. The third-order valence-corrected chi connectivity index (χ3v) is 2.24. The molecule has 5 nitrogen and oxygen atoms in total. The maximum absolute atomic E-state index is 12.8. The maximum atomic E-state index is 12.8. The molecule has 0 saturated carbocycles. The summed E-state index contributed by atoms with van der Waals surface area (Å²) in [6, 6.07) is -1.37. The quantitative estimate of drug-likeness (QED) is 0.446. The Balaban J connectivity index is 2.75. The van der Waals surface area contributed by atoms with Crippen LogP contribution in [0, 0.1) is 0 Å². The molecule has 0 aromatic carbocycles. The minimum atomic E-state index is -3.42. The fourth-order valence-corrected chi connectivity index (χ4v) is 1.30. The molecule has 86 valence electrons. The van der Waals surface area contributed by atoms with Crippen LogP contribution in [0.25, 0.3) is 0 Å². The van der Waals surface area contributed by atoms with Gasteiger partial charge >= 0.3 is 5.38 Å². The number of nitrogens with one attached hydrogen (secondary N) is 1. The van der Waals surface area contributed by atoms with Gasteiger partial charge in [0, 0.05) is 13.0 Å². The topological polar surface area (TPSA) is 68.8 Å². The van der Waals surface area contributed by atoms with Crippen LogP contribution in [0.1, 0.15) is 12.7 Å². The fraction of sp³-hybridized carbons (Fsp3) is 0.714. The van der Waals surface area contributed by atoms with Crippen LogP contribution in [0.4, 0.5) is 8.78 Å². The van der Waals surface area contributed by atoms with Crippen LogP contribution in [-0.4, -0.2) is 26.2 Å². The van der Waals surface area contributed by atoms with E-state index < -0.39 is 11.4 Å². The Morgan fingerprint density at radius 1 is 1.73 bits per heavy atom. The highest BCUT2D eigenvalue weighted by Gasteiger charge is 2.37. The third-order valence-electron chi connectivity index (χ3n) is 1.98. The molecule has 1 aromatic heterocycles. The van der Waals surface area contributed by atoms with Crippen molar-refractivity contribution in [1.82, 2.24) is 20.2 Å². The van der Waals surface area contributed by atoms with E-state index in [1.54, 1.807) is 0 Å². The lowest BCUT2D eigenvalue weighted by Crippen LogP contribution is -2.47. The van der Waals surface area contributed by atoms with Gasteiger partial charge in [-0.1, -0.05) is 0 Å². The van der Waals surface area contributed by atoms with E-state index in [-0.39, 0.29) is 6.42 Å². The first kappa shape index (κ1) is 12.3. The van der Waals surface area contributed by atoms with Gasteiger partial charge < -0.3 is 0 Å². The van der Waals surface area contributed by atoms with Crippen molar-refractivity contribution in [3.8, 4) is 0 Å². The number of rotatable bonds is 5. The molecule has 1 unspecified atom stereocenters. The number of aryl methyl sites for hydroxylation is 1. The van der Waals surface area contributed by atoms with Gasteiger partial charge in [0.2, 0.25) is 0 Å². The molecule has 0 amide bonds. The van der Waals surface area contributed by atoms with Gasteiger partial charge in [-0.25, -0.2) is 10.4 Å². The number of aromatic nitrogens is 3. The minimum absolute atomic E-state index is 0.0825. The van der Waals surface area contributed by atoms with Crippen LogP contribution < -0.4 is 11.3 Å². The first-order chi connectivity index (χ1) is 6.99. The van der Waals surface area contributed by atoms with Gasteiger partial charge in [0.15, 0.2) is 0 Å². The van der Waals surface area contributed by atoms with E-state index in [9.17, 15) is 8.78 Å². The van der Waals surface area contributed by atoms with E-state index in [2.05, 4.69) is 10.1 Å². The maximum Gasteiger partial charge on any atom is 0.338 e. The summed E-state index contributed by atoms with van der Waals surface area (Å²) in [5.74, 6) is 5.41. The van der Waals surface area contributed by atoms with Crippen LogP contribution in [0.2, 0.25) is 0 Å². The first-order valence-electron chi connectivity index (χ1n) is 4.38. The number of alkyl halides is 3. The summed E-state index contributed by atoms with van der Waals surface area (Å²) in [6.45, 7) is 2.39. The molecule has 8 heteroatoms. The van der Waals surface area contributed by atoms with Gasteiger partial charge in [0.25, 0.3) is 0 Å². The van der Waals surface area contributed by atoms with E-state index in [0.717, 1.165) is 0 Å². The second-order valence-electron chi connectivity index (χ2n) is 2.96. The molecule has 1 aromatic rings. The molecule has 0 saturated heterocycles. The van der Waals surface area contributed by atoms with E-state index in [1.807, 2.05) is 12.3 Å². The van der Waals surface area contributed by atoms with Gasteiger partial charge in [-0.05, 0) is 18.5 Å². The van der Waals surface area contributed by atoms with Crippen LogP contribution in [0.5, 0.6) is 0 Å². The Morgan fingerprint density at radius 2 is 2.40 bits per heavy atom. The Hall–Kier alpha value is -0.790. The largest absolute Gasteiger partial charge is 0.338 e. The first-order valence-corrected chi connectivity index (χ1v) is 4.76. The Labute approximate surface area is 90.6 Å². The molecule has 0 fully saturated rings. The molecule has 1 heterocycles. The van der Waals surface area contributed by atoms with Crippen molar-refractivity contribution in [2.24, 2.45) is 5.84 Å². The summed E-state index contributed by atoms with van der Waals surface area (Å²) in [5.41, 5.74) is 1.97. The van der Waals surface area contributed by atoms with Crippen molar-refractivity contribution >= 4 is 11.6 Å². The summed E-state index contributed by atoms with van der Waals surface area (Å²) >= 11 is 4.88. The van der Waals surface area contributed by atoms with Crippen molar-refractivity contribution in [2.75, 3.05) is 0 Å². The van der Waals surface area contributed by atoms with Gasteiger partial charge in [0.05, 0.1) is 0 Å². The zero-order valence-electron chi connectivity index (χ0n) is 8.12. The summed E-state index contributed by atoms with van der Waals surface area (Å²) in [6.07, 6.45) is 1.22. The third kappa shape index (κ3) is 3.08. The van der Waals surface area contributed by atoms with E-state index in [1.165, 1.54) is 11.0 Å². The van der Waals surface area contributed by atoms with Crippen molar-refractivity contribution in [3.63, 3.8) is 0 Å². The number of nitrogens with two attached hydrogens (primary N) is 1. The number of halogens is 3. The molecule has 0 aliphatic rings. The molecule has 0 bridgehead atoms. The average molecular weight is 240 g/mol. The number of hydrogen-bond donors (Lipinski definition) is 2. The van der Waals surface area contributed by atoms with Crippen molar-refractivity contribution in [3.05, 3.63) is 12.2 Å².